The summed E-state index contributed by atoms with van der Waals surface area (Å²) in [4.78, 5) is 17.1. The SMILES string of the molecule is CCCn1ncc(C(=O)N2CCCC[C@H]2CN(C)C)c1C. The number of nitrogens with zero attached hydrogens (tertiary/aromatic N) is 4. The molecule has 5 heteroatoms. The number of likely N-dealkylation sites (tertiary alicyclic amines) is 1. The van der Waals surface area contributed by atoms with Gasteiger partial charge < -0.3 is 9.80 Å². The predicted molar refractivity (Wildman–Crippen MR) is 84.5 cm³/mol. The van der Waals surface area contributed by atoms with Crippen LogP contribution in [-0.2, 0) is 6.54 Å². The van der Waals surface area contributed by atoms with Crippen LogP contribution in [0.1, 0.15) is 48.7 Å². The summed E-state index contributed by atoms with van der Waals surface area (Å²) >= 11 is 0. The molecule has 1 aromatic heterocycles. The van der Waals surface area contributed by atoms with Crippen molar-refractivity contribution in [3.63, 3.8) is 0 Å². The van der Waals surface area contributed by atoms with Crippen LogP contribution in [0.5, 0.6) is 0 Å². The second kappa shape index (κ2) is 7.07. The van der Waals surface area contributed by atoms with Crippen molar-refractivity contribution in [2.45, 2.75) is 52.1 Å². The van der Waals surface area contributed by atoms with Crippen LogP contribution in [0.4, 0.5) is 0 Å². The average molecular weight is 292 g/mol. The lowest BCUT2D eigenvalue weighted by atomic mass is 10.0. The number of carbonyl (C=O) groups is 1. The minimum absolute atomic E-state index is 0.154. The molecule has 0 N–H and O–H groups in total. The standard InChI is InChI=1S/C16H28N4O/c1-5-9-20-13(2)15(11-17-20)16(21)19-10-7-6-8-14(19)12-18(3)4/h11,14H,5-10,12H2,1-4H3/t14-/m0/s1. The van der Waals surface area contributed by atoms with Crippen LogP contribution in [0, 0.1) is 6.92 Å². The lowest BCUT2D eigenvalue weighted by molar-refractivity contribution is 0.0574. The van der Waals surface area contributed by atoms with Crippen LogP contribution < -0.4 is 0 Å². The molecule has 118 valence electrons. The van der Waals surface area contributed by atoms with Gasteiger partial charge in [0.25, 0.3) is 5.91 Å². The number of carbonyl (C=O) groups excluding carboxylic acids is 1. The molecule has 2 heterocycles. The van der Waals surface area contributed by atoms with Gasteiger partial charge in [-0.2, -0.15) is 5.10 Å². The maximum absolute atomic E-state index is 12.9. The van der Waals surface area contributed by atoms with E-state index >= 15 is 0 Å². The van der Waals surface area contributed by atoms with Crippen molar-refractivity contribution in [2.75, 3.05) is 27.2 Å². The Balaban J connectivity index is 2.16. The molecule has 0 saturated carbocycles. The molecule has 1 aromatic rings. The molecular formula is C16H28N4O. The van der Waals surface area contributed by atoms with E-state index in [1.807, 2.05) is 11.6 Å². The van der Waals surface area contributed by atoms with Gasteiger partial charge in [0.2, 0.25) is 0 Å². The third-order valence-electron chi connectivity index (χ3n) is 4.23. The van der Waals surface area contributed by atoms with Crippen molar-refractivity contribution in [1.29, 1.82) is 0 Å². The highest BCUT2D eigenvalue weighted by molar-refractivity contribution is 5.95. The summed E-state index contributed by atoms with van der Waals surface area (Å²) in [6.45, 7) is 6.81. The van der Waals surface area contributed by atoms with Crippen LogP contribution in [0.25, 0.3) is 0 Å². The van der Waals surface area contributed by atoms with Crippen molar-refractivity contribution in [2.24, 2.45) is 0 Å². The summed E-state index contributed by atoms with van der Waals surface area (Å²) in [5, 5.41) is 4.37. The third kappa shape index (κ3) is 3.64. The smallest absolute Gasteiger partial charge is 0.257 e. The normalized spacial score (nSPS) is 19.3. The molecule has 1 atom stereocenters. The topological polar surface area (TPSA) is 41.4 Å². The van der Waals surface area contributed by atoms with Gasteiger partial charge in [-0.3, -0.25) is 9.48 Å². The van der Waals surface area contributed by atoms with Crippen LogP contribution in [0.2, 0.25) is 0 Å². The Bertz CT molecular complexity index is 481. The van der Waals surface area contributed by atoms with Gasteiger partial charge in [-0.05, 0) is 46.7 Å². The molecule has 0 aliphatic carbocycles. The van der Waals surface area contributed by atoms with Crippen molar-refractivity contribution in [3.05, 3.63) is 17.5 Å². The van der Waals surface area contributed by atoms with Crippen molar-refractivity contribution < 1.29 is 4.79 Å². The monoisotopic (exact) mass is 292 g/mol. The van der Waals surface area contributed by atoms with Crippen LogP contribution in [0.3, 0.4) is 0 Å². The van der Waals surface area contributed by atoms with Crippen molar-refractivity contribution >= 4 is 5.91 Å². The molecule has 21 heavy (non-hydrogen) atoms. The van der Waals surface area contributed by atoms with E-state index < -0.39 is 0 Å². The maximum atomic E-state index is 12.9. The maximum Gasteiger partial charge on any atom is 0.257 e. The van der Waals surface area contributed by atoms with E-state index in [-0.39, 0.29) is 5.91 Å². The van der Waals surface area contributed by atoms with E-state index in [4.69, 9.17) is 0 Å². The molecule has 1 aliphatic rings. The highest BCUT2D eigenvalue weighted by Crippen LogP contribution is 2.21. The van der Waals surface area contributed by atoms with Crippen molar-refractivity contribution in [3.8, 4) is 0 Å². The molecule has 1 fully saturated rings. The van der Waals surface area contributed by atoms with E-state index in [1.54, 1.807) is 6.20 Å². The molecule has 5 nitrogen and oxygen atoms in total. The Hall–Kier alpha value is -1.36. The Kier molecular flexibility index (Phi) is 5.39. The Morgan fingerprint density at radius 2 is 2.19 bits per heavy atom. The van der Waals surface area contributed by atoms with Crippen molar-refractivity contribution in [1.82, 2.24) is 19.6 Å². The molecular weight excluding hydrogens is 264 g/mol. The number of piperidine rings is 1. The van der Waals surface area contributed by atoms with Gasteiger partial charge in [0.15, 0.2) is 0 Å². The molecule has 0 aromatic carbocycles. The molecule has 1 amide bonds. The first-order valence-corrected chi connectivity index (χ1v) is 8.02. The highest BCUT2D eigenvalue weighted by Gasteiger charge is 2.29. The number of hydrogen-bond acceptors (Lipinski definition) is 3. The first kappa shape index (κ1) is 16.0. The molecule has 0 unspecified atom stereocenters. The fourth-order valence-corrected chi connectivity index (χ4v) is 3.13. The molecule has 0 radical (unpaired) electrons. The molecule has 0 spiro atoms. The van der Waals surface area contributed by atoms with Gasteiger partial charge in [-0.15, -0.1) is 0 Å². The van der Waals surface area contributed by atoms with Gasteiger partial charge >= 0.3 is 0 Å². The molecule has 1 aliphatic heterocycles. The number of aryl methyl sites for hydroxylation is 1. The first-order valence-electron chi connectivity index (χ1n) is 8.02. The average Bonchev–Trinajstić information content (AvgIpc) is 2.80. The minimum Gasteiger partial charge on any atom is -0.334 e. The zero-order valence-corrected chi connectivity index (χ0v) is 13.8. The highest BCUT2D eigenvalue weighted by atomic mass is 16.2. The third-order valence-corrected chi connectivity index (χ3v) is 4.23. The fraction of sp³-hybridized carbons (Fsp3) is 0.750. The van der Waals surface area contributed by atoms with Gasteiger partial charge in [0.1, 0.15) is 0 Å². The molecule has 1 saturated heterocycles. The Morgan fingerprint density at radius 1 is 1.43 bits per heavy atom. The number of aromatic nitrogens is 2. The van der Waals surface area contributed by atoms with E-state index in [1.165, 1.54) is 6.42 Å². The largest absolute Gasteiger partial charge is 0.334 e. The zero-order chi connectivity index (χ0) is 15.4. The minimum atomic E-state index is 0.154. The van der Waals surface area contributed by atoms with Crippen LogP contribution in [-0.4, -0.2) is 58.7 Å². The first-order chi connectivity index (χ1) is 10.0. The summed E-state index contributed by atoms with van der Waals surface area (Å²) in [7, 11) is 4.14. The van der Waals surface area contributed by atoms with Crippen LogP contribution >= 0.6 is 0 Å². The van der Waals surface area contributed by atoms with E-state index in [2.05, 4.69) is 35.9 Å². The van der Waals surface area contributed by atoms with Gasteiger partial charge in [-0.1, -0.05) is 6.92 Å². The second-order valence-corrected chi connectivity index (χ2v) is 6.28. The number of likely N-dealkylation sites (N-methyl/N-ethyl adjacent to an activating group) is 1. The Morgan fingerprint density at radius 3 is 2.86 bits per heavy atom. The van der Waals surface area contributed by atoms with Crippen LogP contribution in [0.15, 0.2) is 6.20 Å². The predicted octanol–water partition coefficient (Wildman–Crippen LogP) is 2.16. The van der Waals surface area contributed by atoms with E-state index in [0.717, 1.165) is 50.2 Å². The summed E-state index contributed by atoms with van der Waals surface area (Å²) in [5.74, 6) is 0.154. The van der Waals surface area contributed by atoms with Gasteiger partial charge in [-0.25, -0.2) is 0 Å². The number of rotatable bonds is 5. The lowest BCUT2D eigenvalue weighted by Crippen LogP contribution is -2.48. The Labute approximate surface area is 127 Å². The number of amides is 1. The summed E-state index contributed by atoms with van der Waals surface area (Å²) in [5.41, 5.74) is 1.77. The molecule has 2 rings (SSSR count). The van der Waals surface area contributed by atoms with E-state index in [0.29, 0.717) is 6.04 Å². The van der Waals surface area contributed by atoms with Gasteiger partial charge in [0.05, 0.1) is 11.8 Å². The zero-order valence-electron chi connectivity index (χ0n) is 13.8. The summed E-state index contributed by atoms with van der Waals surface area (Å²) in [6.07, 6.45) is 6.21. The second-order valence-electron chi connectivity index (χ2n) is 6.28. The quantitative estimate of drug-likeness (QED) is 0.835. The van der Waals surface area contributed by atoms with E-state index in [9.17, 15) is 4.79 Å². The van der Waals surface area contributed by atoms with Gasteiger partial charge in [0, 0.05) is 31.4 Å². The molecule has 0 bridgehead atoms. The summed E-state index contributed by atoms with van der Waals surface area (Å²) < 4.78 is 1.94. The lowest BCUT2D eigenvalue weighted by Gasteiger charge is -2.37. The number of hydrogen-bond donors (Lipinski definition) is 0. The summed E-state index contributed by atoms with van der Waals surface area (Å²) in [6, 6.07) is 0.329. The fourth-order valence-electron chi connectivity index (χ4n) is 3.13.